The SMILES string of the molecule is CCC1CCC(C(O)CCN)CC1. The molecule has 1 aliphatic carbocycles. The third-order valence-electron chi connectivity index (χ3n) is 3.48. The van der Waals surface area contributed by atoms with E-state index in [0.717, 1.165) is 12.3 Å². The molecule has 2 heteroatoms. The van der Waals surface area contributed by atoms with Gasteiger partial charge in [-0.2, -0.15) is 0 Å². The molecule has 1 fully saturated rings. The Morgan fingerprint density at radius 2 is 1.92 bits per heavy atom. The molecule has 78 valence electrons. The zero-order chi connectivity index (χ0) is 9.68. The van der Waals surface area contributed by atoms with Gasteiger partial charge in [-0.25, -0.2) is 0 Å². The van der Waals surface area contributed by atoms with E-state index >= 15 is 0 Å². The maximum Gasteiger partial charge on any atom is 0.0580 e. The molecule has 0 aromatic carbocycles. The highest BCUT2D eigenvalue weighted by atomic mass is 16.3. The van der Waals surface area contributed by atoms with Crippen LogP contribution in [0.5, 0.6) is 0 Å². The normalized spacial score (nSPS) is 31.6. The average molecular weight is 185 g/mol. The molecule has 0 aromatic rings. The summed E-state index contributed by atoms with van der Waals surface area (Å²) in [7, 11) is 0. The lowest BCUT2D eigenvalue weighted by atomic mass is 9.78. The summed E-state index contributed by atoms with van der Waals surface area (Å²) < 4.78 is 0. The number of nitrogens with two attached hydrogens (primary N) is 1. The van der Waals surface area contributed by atoms with Crippen LogP contribution in [0.4, 0.5) is 0 Å². The fourth-order valence-corrected chi connectivity index (χ4v) is 2.39. The molecule has 1 aliphatic rings. The number of hydrogen-bond acceptors (Lipinski definition) is 2. The van der Waals surface area contributed by atoms with Crippen molar-refractivity contribution in [2.75, 3.05) is 6.54 Å². The third kappa shape index (κ3) is 3.28. The molecule has 3 N–H and O–H groups in total. The Balaban J connectivity index is 2.23. The maximum absolute atomic E-state index is 9.75. The van der Waals surface area contributed by atoms with Crippen LogP contribution in [-0.4, -0.2) is 17.8 Å². The summed E-state index contributed by atoms with van der Waals surface area (Å²) in [4.78, 5) is 0. The summed E-state index contributed by atoms with van der Waals surface area (Å²) in [5.74, 6) is 1.45. The van der Waals surface area contributed by atoms with Crippen molar-refractivity contribution in [3.63, 3.8) is 0 Å². The topological polar surface area (TPSA) is 46.2 Å². The van der Waals surface area contributed by atoms with Crippen molar-refractivity contribution in [2.45, 2.75) is 51.6 Å². The minimum Gasteiger partial charge on any atom is -0.393 e. The van der Waals surface area contributed by atoms with Crippen LogP contribution < -0.4 is 5.73 Å². The predicted molar refractivity (Wildman–Crippen MR) is 55.4 cm³/mol. The lowest BCUT2D eigenvalue weighted by molar-refractivity contribution is 0.0683. The summed E-state index contributed by atoms with van der Waals surface area (Å²) in [6.07, 6.45) is 6.98. The van der Waals surface area contributed by atoms with E-state index in [4.69, 9.17) is 5.73 Å². The van der Waals surface area contributed by atoms with Gasteiger partial charge in [0.05, 0.1) is 6.10 Å². The van der Waals surface area contributed by atoms with Gasteiger partial charge in [0.2, 0.25) is 0 Å². The molecular weight excluding hydrogens is 162 g/mol. The molecule has 0 saturated heterocycles. The minimum atomic E-state index is -0.136. The van der Waals surface area contributed by atoms with Crippen LogP contribution in [0, 0.1) is 11.8 Å². The molecule has 0 aliphatic heterocycles. The van der Waals surface area contributed by atoms with E-state index in [2.05, 4.69) is 6.92 Å². The first-order valence-electron chi connectivity index (χ1n) is 5.66. The lowest BCUT2D eigenvalue weighted by Crippen LogP contribution is -2.27. The lowest BCUT2D eigenvalue weighted by Gasteiger charge is -2.30. The van der Waals surface area contributed by atoms with Crippen LogP contribution in [0.25, 0.3) is 0 Å². The van der Waals surface area contributed by atoms with Gasteiger partial charge in [0.15, 0.2) is 0 Å². The second-order valence-electron chi connectivity index (χ2n) is 4.33. The van der Waals surface area contributed by atoms with Crippen molar-refractivity contribution >= 4 is 0 Å². The van der Waals surface area contributed by atoms with Gasteiger partial charge in [0, 0.05) is 0 Å². The molecule has 0 bridgehead atoms. The Morgan fingerprint density at radius 3 is 2.38 bits per heavy atom. The largest absolute Gasteiger partial charge is 0.393 e. The average Bonchev–Trinajstić information content (AvgIpc) is 2.18. The molecule has 13 heavy (non-hydrogen) atoms. The van der Waals surface area contributed by atoms with Crippen molar-refractivity contribution in [1.82, 2.24) is 0 Å². The van der Waals surface area contributed by atoms with Gasteiger partial charge in [-0.3, -0.25) is 0 Å². The number of rotatable bonds is 4. The summed E-state index contributed by atoms with van der Waals surface area (Å²) in [5.41, 5.74) is 5.43. The first-order valence-corrected chi connectivity index (χ1v) is 5.66. The van der Waals surface area contributed by atoms with Crippen LogP contribution in [0.15, 0.2) is 0 Å². The van der Waals surface area contributed by atoms with Gasteiger partial charge >= 0.3 is 0 Å². The van der Waals surface area contributed by atoms with Gasteiger partial charge in [-0.05, 0) is 37.6 Å². The van der Waals surface area contributed by atoms with E-state index in [1.807, 2.05) is 0 Å². The Bertz CT molecular complexity index is 130. The Labute approximate surface area is 81.5 Å². The van der Waals surface area contributed by atoms with E-state index in [-0.39, 0.29) is 6.10 Å². The molecule has 0 amide bonds. The Hall–Kier alpha value is -0.0800. The smallest absolute Gasteiger partial charge is 0.0580 e. The minimum absolute atomic E-state index is 0.136. The molecule has 0 spiro atoms. The fraction of sp³-hybridized carbons (Fsp3) is 1.00. The van der Waals surface area contributed by atoms with Crippen molar-refractivity contribution in [3.8, 4) is 0 Å². The highest BCUT2D eigenvalue weighted by molar-refractivity contribution is 4.77. The Kier molecular flexibility index (Phi) is 4.74. The van der Waals surface area contributed by atoms with Crippen molar-refractivity contribution in [1.29, 1.82) is 0 Å². The van der Waals surface area contributed by atoms with Crippen molar-refractivity contribution in [2.24, 2.45) is 17.6 Å². The van der Waals surface area contributed by atoms with E-state index < -0.39 is 0 Å². The van der Waals surface area contributed by atoms with Gasteiger partial charge in [-0.1, -0.05) is 26.2 Å². The van der Waals surface area contributed by atoms with Crippen LogP contribution in [0.3, 0.4) is 0 Å². The van der Waals surface area contributed by atoms with Crippen LogP contribution in [0.1, 0.15) is 45.4 Å². The maximum atomic E-state index is 9.75. The van der Waals surface area contributed by atoms with Gasteiger partial charge in [-0.15, -0.1) is 0 Å². The Morgan fingerprint density at radius 1 is 1.31 bits per heavy atom. The number of aliphatic hydroxyl groups excluding tert-OH is 1. The van der Waals surface area contributed by atoms with Crippen LogP contribution in [-0.2, 0) is 0 Å². The van der Waals surface area contributed by atoms with E-state index in [1.165, 1.54) is 32.1 Å². The molecule has 1 rings (SSSR count). The van der Waals surface area contributed by atoms with Gasteiger partial charge < -0.3 is 10.8 Å². The fourth-order valence-electron chi connectivity index (χ4n) is 2.39. The molecular formula is C11H23NO. The first-order chi connectivity index (χ1) is 6.27. The van der Waals surface area contributed by atoms with Crippen molar-refractivity contribution < 1.29 is 5.11 Å². The highest BCUT2D eigenvalue weighted by Crippen LogP contribution is 2.32. The zero-order valence-electron chi connectivity index (χ0n) is 8.71. The summed E-state index contributed by atoms with van der Waals surface area (Å²) >= 11 is 0. The van der Waals surface area contributed by atoms with Crippen LogP contribution in [0.2, 0.25) is 0 Å². The summed E-state index contributed by atoms with van der Waals surface area (Å²) in [5, 5.41) is 9.75. The highest BCUT2D eigenvalue weighted by Gasteiger charge is 2.24. The monoisotopic (exact) mass is 185 g/mol. The standard InChI is InChI=1S/C11H23NO/c1-2-9-3-5-10(6-4-9)11(13)7-8-12/h9-11,13H,2-8,12H2,1H3. The molecule has 0 radical (unpaired) electrons. The molecule has 0 heterocycles. The predicted octanol–water partition coefficient (Wildman–Crippen LogP) is 1.91. The van der Waals surface area contributed by atoms with Crippen LogP contribution >= 0.6 is 0 Å². The number of hydrogen-bond donors (Lipinski definition) is 2. The van der Waals surface area contributed by atoms with E-state index in [1.54, 1.807) is 0 Å². The van der Waals surface area contributed by atoms with E-state index in [0.29, 0.717) is 12.5 Å². The second kappa shape index (κ2) is 5.61. The molecule has 0 aromatic heterocycles. The zero-order valence-corrected chi connectivity index (χ0v) is 8.71. The summed E-state index contributed by atoms with van der Waals surface area (Å²) in [6, 6.07) is 0. The van der Waals surface area contributed by atoms with Crippen molar-refractivity contribution in [3.05, 3.63) is 0 Å². The van der Waals surface area contributed by atoms with Gasteiger partial charge in [0.25, 0.3) is 0 Å². The third-order valence-corrected chi connectivity index (χ3v) is 3.48. The summed E-state index contributed by atoms with van der Waals surface area (Å²) in [6.45, 7) is 2.89. The number of aliphatic hydroxyl groups is 1. The quantitative estimate of drug-likeness (QED) is 0.703. The second-order valence-corrected chi connectivity index (χ2v) is 4.33. The first kappa shape index (κ1) is 11.0. The molecule has 1 saturated carbocycles. The van der Waals surface area contributed by atoms with Gasteiger partial charge in [0.1, 0.15) is 0 Å². The van der Waals surface area contributed by atoms with E-state index in [9.17, 15) is 5.11 Å². The molecule has 2 nitrogen and oxygen atoms in total. The molecule has 1 unspecified atom stereocenters. The molecule has 1 atom stereocenters.